The summed E-state index contributed by atoms with van der Waals surface area (Å²) in [5.74, 6) is -0.111. The molecule has 98 valence electrons. The first kappa shape index (κ1) is 13.0. The largest absolute Gasteiger partial charge is 0.325 e. The van der Waals surface area contributed by atoms with Gasteiger partial charge in [-0.3, -0.25) is 4.79 Å². The van der Waals surface area contributed by atoms with E-state index >= 15 is 0 Å². The second-order valence-electron chi connectivity index (χ2n) is 4.95. The van der Waals surface area contributed by atoms with Crippen molar-refractivity contribution in [2.45, 2.75) is 31.1 Å². The maximum atomic E-state index is 11.9. The highest BCUT2D eigenvalue weighted by molar-refractivity contribution is 7.89. The minimum atomic E-state index is -3.50. The van der Waals surface area contributed by atoms with Gasteiger partial charge in [-0.05, 0) is 51.1 Å². The van der Waals surface area contributed by atoms with Crippen LogP contribution in [0.4, 0.5) is 5.69 Å². The van der Waals surface area contributed by atoms with E-state index in [1.54, 1.807) is 32.9 Å². The van der Waals surface area contributed by atoms with Crippen molar-refractivity contribution in [2.75, 3.05) is 12.4 Å². The molecule has 1 aromatic rings. The predicted octanol–water partition coefficient (Wildman–Crippen LogP) is 1.13. The second-order valence-corrected chi connectivity index (χ2v) is 6.84. The van der Waals surface area contributed by atoms with Crippen LogP contribution in [0.25, 0.3) is 0 Å². The first-order valence-electron chi connectivity index (χ1n) is 5.60. The minimum Gasteiger partial charge on any atom is -0.325 e. The number of carbonyl (C=O) groups is 1. The fourth-order valence-electron chi connectivity index (χ4n) is 2.08. The van der Waals surface area contributed by atoms with Crippen LogP contribution in [0.1, 0.15) is 25.0 Å². The third kappa shape index (κ3) is 1.72. The highest BCUT2D eigenvalue weighted by atomic mass is 32.2. The molecule has 1 heterocycles. The number of nitrogens with one attached hydrogen (secondary N) is 2. The molecule has 18 heavy (non-hydrogen) atoms. The van der Waals surface area contributed by atoms with Gasteiger partial charge < -0.3 is 5.32 Å². The van der Waals surface area contributed by atoms with Gasteiger partial charge in [0.1, 0.15) is 0 Å². The Balaban J connectivity index is 2.72. The number of rotatable bonds is 2. The Morgan fingerprint density at radius 1 is 1.28 bits per heavy atom. The molecular formula is C12H16N2O3S. The van der Waals surface area contributed by atoms with E-state index in [9.17, 15) is 13.2 Å². The van der Waals surface area contributed by atoms with Crippen LogP contribution in [0.5, 0.6) is 0 Å². The zero-order valence-electron chi connectivity index (χ0n) is 10.8. The van der Waals surface area contributed by atoms with Gasteiger partial charge in [-0.25, -0.2) is 13.1 Å². The van der Waals surface area contributed by atoms with Crippen molar-refractivity contribution in [3.8, 4) is 0 Å². The topological polar surface area (TPSA) is 75.3 Å². The van der Waals surface area contributed by atoms with Gasteiger partial charge >= 0.3 is 0 Å². The Bertz CT molecular complexity index is 633. The van der Waals surface area contributed by atoms with E-state index in [4.69, 9.17) is 0 Å². The SMILES string of the molecule is CNS(=O)(=O)c1cc(C)c2c(c1)C(C)(C)C(=O)N2. The average Bonchev–Trinajstić information content (AvgIpc) is 2.52. The van der Waals surface area contributed by atoms with E-state index in [1.165, 1.54) is 7.05 Å². The first-order valence-corrected chi connectivity index (χ1v) is 7.08. The summed E-state index contributed by atoms with van der Waals surface area (Å²) in [6.07, 6.45) is 0. The van der Waals surface area contributed by atoms with E-state index in [1.807, 2.05) is 0 Å². The van der Waals surface area contributed by atoms with Gasteiger partial charge in [0.15, 0.2) is 0 Å². The third-order valence-electron chi connectivity index (χ3n) is 3.37. The quantitative estimate of drug-likeness (QED) is 0.844. The Hall–Kier alpha value is -1.40. The van der Waals surface area contributed by atoms with Crippen LogP contribution in [0, 0.1) is 6.92 Å². The van der Waals surface area contributed by atoms with E-state index in [0.717, 1.165) is 16.8 Å². The number of benzene rings is 1. The number of amides is 1. The van der Waals surface area contributed by atoms with Crippen LogP contribution < -0.4 is 10.0 Å². The zero-order chi connectivity index (χ0) is 13.7. The summed E-state index contributed by atoms with van der Waals surface area (Å²) in [6.45, 7) is 5.35. The normalized spacial score (nSPS) is 17.4. The molecule has 1 aromatic carbocycles. The Labute approximate surface area is 107 Å². The minimum absolute atomic E-state index is 0.111. The maximum Gasteiger partial charge on any atom is 0.240 e. The van der Waals surface area contributed by atoms with Crippen molar-refractivity contribution in [2.24, 2.45) is 0 Å². The number of anilines is 1. The Morgan fingerprint density at radius 2 is 1.89 bits per heavy atom. The van der Waals surface area contributed by atoms with Gasteiger partial charge in [0.25, 0.3) is 0 Å². The van der Waals surface area contributed by atoms with Crippen LogP contribution in [0.3, 0.4) is 0 Å². The van der Waals surface area contributed by atoms with Gasteiger partial charge in [-0.2, -0.15) is 0 Å². The van der Waals surface area contributed by atoms with E-state index < -0.39 is 15.4 Å². The summed E-state index contributed by atoms with van der Waals surface area (Å²) in [5.41, 5.74) is 1.49. The number of carbonyl (C=O) groups excluding carboxylic acids is 1. The first-order chi connectivity index (χ1) is 8.20. The van der Waals surface area contributed by atoms with Crippen molar-refractivity contribution in [1.82, 2.24) is 4.72 Å². The molecule has 5 nitrogen and oxygen atoms in total. The molecule has 2 rings (SSSR count). The number of fused-ring (bicyclic) bond motifs is 1. The molecule has 1 aliphatic heterocycles. The Kier molecular flexibility index (Phi) is 2.75. The molecule has 0 bridgehead atoms. The number of hydrogen-bond acceptors (Lipinski definition) is 3. The standard InChI is InChI=1S/C12H16N2O3S/c1-7-5-8(18(16,17)13-4)6-9-10(7)14-11(15)12(9,2)3/h5-6,13H,1-4H3,(H,14,15). The van der Waals surface area contributed by atoms with Crippen molar-refractivity contribution in [3.05, 3.63) is 23.3 Å². The van der Waals surface area contributed by atoms with Crippen molar-refractivity contribution >= 4 is 21.6 Å². The summed E-state index contributed by atoms with van der Waals surface area (Å²) < 4.78 is 25.9. The van der Waals surface area contributed by atoms with Gasteiger partial charge in [-0.15, -0.1) is 0 Å². The lowest BCUT2D eigenvalue weighted by Gasteiger charge is -2.16. The molecule has 0 unspecified atom stereocenters. The van der Waals surface area contributed by atoms with Crippen LogP contribution in [-0.2, 0) is 20.2 Å². The van der Waals surface area contributed by atoms with Crippen LogP contribution in [0.2, 0.25) is 0 Å². The second kappa shape index (κ2) is 3.80. The molecule has 1 amide bonds. The van der Waals surface area contributed by atoms with Gasteiger partial charge in [-0.1, -0.05) is 0 Å². The highest BCUT2D eigenvalue weighted by Crippen LogP contribution is 2.40. The molecule has 0 aromatic heterocycles. The monoisotopic (exact) mass is 268 g/mol. The molecule has 1 aliphatic rings. The third-order valence-corrected chi connectivity index (χ3v) is 4.76. The smallest absolute Gasteiger partial charge is 0.240 e. The average molecular weight is 268 g/mol. The van der Waals surface area contributed by atoms with Crippen LogP contribution in [-0.4, -0.2) is 21.4 Å². The van der Waals surface area contributed by atoms with Crippen LogP contribution >= 0.6 is 0 Å². The number of aryl methyl sites for hydroxylation is 1. The number of sulfonamides is 1. The lowest BCUT2D eigenvalue weighted by Crippen LogP contribution is -2.27. The lowest BCUT2D eigenvalue weighted by atomic mass is 9.85. The zero-order valence-corrected chi connectivity index (χ0v) is 11.6. The molecule has 0 atom stereocenters. The Morgan fingerprint density at radius 3 is 2.44 bits per heavy atom. The summed E-state index contributed by atoms with van der Waals surface area (Å²) >= 11 is 0. The van der Waals surface area contributed by atoms with E-state index in [-0.39, 0.29) is 10.8 Å². The summed E-state index contributed by atoms with van der Waals surface area (Å²) in [6, 6.07) is 3.12. The maximum absolute atomic E-state index is 11.9. The molecule has 6 heteroatoms. The molecule has 0 spiro atoms. The molecule has 2 N–H and O–H groups in total. The van der Waals surface area contributed by atoms with Crippen molar-refractivity contribution < 1.29 is 13.2 Å². The lowest BCUT2D eigenvalue weighted by molar-refractivity contribution is -0.119. The summed E-state index contributed by atoms with van der Waals surface area (Å²) in [7, 11) is -2.13. The summed E-state index contributed by atoms with van der Waals surface area (Å²) in [4.78, 5) is 12.0. The molecule has 0 saturated carbocycles. The van der Waals surface area contributed by atoms with Crippen LogP contribution in [0.15, 0.2) is 17.0 Å². The van der Waals surface area contributed by atoms with Gasteiger partial charge in [0.2, 0.25) is 15.9 Å². The predicted molar refractivity (Wildman–Crippen MR) is 69.1 cm³/mol. The van der Waals surface area contributed by atoms with Crippen molar-refractivity contribution in [1.29, 1.82) is 0 Å². The van der Waals surface area contributed by atoms with E-state index in [0.29, 0.717) is 0 Å². The highest BCUT2D eigenvalue weighted by Gasteiger charge is 2.39. The molecule has 0 radical (unpaired) electrons. The van der Waals surface area contributed by atoms with Crippen molar-refractivity contribution in [3.63, 3.8) is 0 Å². The molecule has 0 saturated heterocycles. The fraction of sp³-hybridized carbons (Fsp3) is 0.417. The number of hydrogen-bond donors (Lipinski definition) is 2. The van der Waals surface area contributed by atoms with E-state index in [2.05, 4.69) is 10.0 Å². The fourth-order valence-corrected chi connectivity index (χ4v) is 2.92. The molecular weight excluding hydrogens is 252 g/mol. The molecule has 0 aliphatic carbocycles. The van der Waals surface area contributed by atoms with Gasteiger partial charge in [0.05, 0.1) is 10.3 Å². The molecule has 0 fully saturated rings. The summed E-state index contributed by atoms with van der Waals surface area (Å²) in [5, 5.41) is 2.80. The van der Waals surface area contributed by atoms with Gasteiger partial charge in [0, 0.05) is 5.69 Å².